The Morgan fingerprint density at radius 1 is 1.35 bits per heavy atom. The number of halogens is 2. The number of aromatic nitrogens is 2. The maximum Gasteiger partial charge on any atom is 0.363 e. The van der Waals surface area contributed by atoms with Crippen molar-refractivity contribution in [1.29, 1.82) is 0 Å². The standard InChI is InChI=1S/C11H6ClFN2O2/c12-8-5-7(13)1-2-10(8)17-11(16)9-6-14-3-4-15-9/h1-6H. The van der Waals surface area contributed by atoms with Crippen LogP contribution in [0.25, 0.3) is 0 Å². The Hall–Kier alpha value is -2.01. The Bertz CT molecular complexity index is 548. The van der Waals surface area contributed by atoms with E-state index in [0.717, 1.165) is 12.1 Å². The number of nitrogens with zero attached hydrogens (tertiary/aromatic N) is 2. The maximum absolute atomic E-state index is 12.8. The average molecular weight is 253 g/mol. The second-order valence-electron chi connectivity index (χ2n) is 3.05. The van der Waals surface area contributed by atoms with E-state index in [0.29, 0.717) is 0 Å². The first-order valence-electron chi connectivity index (χ1n) is 4.60. The molecule has 6 heteroatoms. The molecule has 86 valence electrons. The van der Waals surface area contributed by atoms with Gasteiger partial charge in [0.25, 0.3) is 0 Å². The Balaban J connectivity index is 2.19. The van der Waals surface area contributed by atoms with Crippen molar-refractivity contribution in [2.75, 3.05) is 0 Å². The summed E-state index contributed by atoms with van der Waals surface area (Å²) in [5.41, 5.74) is 0.0490. The normalized spacial score (nSPS) is 10.0. The summed E-state index contributed by atoms with van der Waals surface area (Å²) in [5.74, 6) is -1.13. The van der Waals surface area contributed by atoms with Crippen molar-refractivity contribution in [3.63, 3.8) is 0 Å². The summed E-state index contributed by atoms with van der Waals surface area (Å²) in [5, 5.41) is 0.0160. The molecule has 0 amide bonds. The fraction of sp³-hybridized carbons (Fsp3) is 0. The molecule has 0 N–H and O–H groups in total. The maximum atomic E-state index is 12.8. The van der Waals surface area contributed by atoms with Crippen molar-refractivity contribution in [2.45, 2.75) is 0 Å². The van der Waals surface area contributed by atoms with Gasteiger partial charge in [0.1, 0.15) is 11.6 Å². The van der Waals surface area contributed by atoms with Crippen LogP contribution in [0.3, 0.4) is 0 Å². The van der Waals surface area contributed by atoms with E-state index in [1.807, 2.05) is 0 Å². The van der Waals surface area contributed by atoms with Gasteiger partial charge in [0.05, 0.1) is 11.2 Å². The van der Waals surface area contributed by atoms with E-state index in [1.54, 1.807) is 0 Å². The number of ether oxygens (including phenoxy) is 1. The Morgan fingerprint density at radius 2 is 2.18 bits per heavy atom. The van der Waals surface area contributed by atoms with Crippen molar-refractivity contribution in [2.24, 2.45) is 0 Å². The quantitative estimate of drug-likeness (QED) is 0.609. The van der Waals surface area contributed by atoms with Crippen LogP contribution in [0.15, 0.2) is 36.8 Å². The lowest BCUT2D eigenvalue weighted by atomic mass is 10.3. The third kappa shape index (κ3) is 2.76. The summed E-state index contributed by atoms with van der Waals surface area (Å²) in [6.07, 6.45) is 4.06. The van der Waals surface area contributed by atoms with Crippen molar-refractivity contribution in [1.82, 2.24) is 9.97 Å². The highest BCUT2D eigenvalue weighted by Crippen LogP contribution is 2.25. The highest BCUT2D eigenvalue weighted by molar-refractivity contribution is 6.32. The van der Waals surface area contributed by atoms with Crippen LogP contribution in [0, 0.1) is 5.82 Å². The molecule has 2 rings (SSSR count). The minimum atomic E-state index is -0.702. The van der Waals surface area contributed by atoms with E-state index in [-0.39, 0.29) is 16.5 Å². The molecule has 1 aromatic carbocycles. The van der Waals surface area contributed by atoms with Crippen LogP contribution < -0.4 is 4.74 Å². The second-order valence-corrected chi connectivity index (χ2v) is 3.46. The topological polar surface area (TPSA) is 52.1 Å². The molecule has 17 heavy (non-hydrogen) atoms. The molecule has 0 unspecified atom stereocenters. The summed E-state index contributed by atoms with van der Waals surface area (Å²) >= 11 is 5.71. The van der Waals surface area contributed by atoms with Crippen molar-refractivity contribution in [3.05, 3.63) is 53.3 Å². The van der Waals surface area contributed by atoms with Gasteiger partial charge in [-0.15, -0.1) is 0 Å². The summed E-state index contributed by atoms with van der Waals surface area (Å²) in [6, 6.07) is 3.47. The van der Waals surface area contributed by atoms with Crippen LogP contribution in [-0.2, 0) is 0 Å². The number of carbonyl (C=O) groups is 1. The van der Waals surface area contributed by atoms with Crippen molar-refractivity contribution in [3.8, 4) is 5.75 Å². The molecule has 0 bridgehead atoms. The molecule has 1 heterocycles. The molecule has 0 spiro atoms. The van der Waals surface area contributed by atoms with Crippen LogP contribution >= 0.6 is 11.6 Å². The lowest BCUT2D eigenvalue weighted by Gasteiger charge is -2.04. The van der Waals surface area contributed by atoms with Crippen LogP contribution in [0.5, 0.6) is 5.75 Å². The Kier molecular flexibility index (Phi) is 3.30. The Labute approximate surface area is 101 Å². The number of carbonyl (C=O) groups excluding carboxylic acids is 1. The van der Waals surface area contributed by atoms with E-state index in [9.17, 15) is 9.18 Å². The first kappa shape index (κ1) is 11.5. The monoisotopic (exact) mass is 252 g/mol. The highest BCUT2D eigenvalue weighted by atomic mass is 35.5. The molecule has 0 aliphatic carbocycles. The van der Waals surface area contributed by atoms with Gasteiger partial charge in [-0.3, -0.25) is 4.98 Å². The largest absolute Gasteiger partial charge is 0.420 e. The minimum absolute atomic E-state index is 0.0160. The third-order valence-electron chi connectivity index (χ3n) is 1.87. The van der Waals surface area contributed by atoms with Gasteiger partial charge in [0.2, 0.25) is 0 Å². The van der Waals surface area contributed by atoms with E-state index < -0.39 is 11.8 Å². The summed E-state index contributed by atoms with van der Waals surface area (Å²) in [6.45, 7) is 0. The van der Waals surface area contributed by atoms with Gasteiger partial charge in [-0.2, -0.15) is 0 Å². The number of benzene rings is 1. The molecule has 1 aromatic heterocycles. The second kappa shape index (κ2) is 4.88. The lowest BCUT2D eigenvalue weighted by Crippen LogP contribution is -2.10. The Morgan fingerprint density at radius 3 is 2.82 bits per heavy atom. The van der Waals surface area contributed by atoms with Gasteiger partial charge in [-0.25, -0.2) is 14.2 Å². The summed E-state index contributed by atoms with van der Waals surface area (Å²) < 4.78 is 17.7. The van der Waals surface area contributed by atoms with Gasteiger partial charge in [-0.05, 0) is 18.2 Å². The molecular formula is C11H6ClFN2O2. The molecule has 2 aromatic rings. The van der Waals surface area contributed by atoms with Gasteiger partial charge in [0.15, 0.2) is 5.69 Å². The molecule has 0 atom stereocenters. The van der Waals surface area contributed by atoms with E-state index >= 15 is 0 Å². The molecule has 0 aliphatic heterocycles. The summed E-state index contributed by atoms with van der Waals surface area (Å²) in [4.78, 5) is 19.1. The van der Waals surface area contributed by atoms with E-state index in [2.05, 4.69) is 9.97 Å². The molecule has 0 saturated heterocycles. The number of hydrogen-bond donors (Lipinski definition) is 0. The molecule has 0 saturated carbocycles. The van der Waals surface area contributed by atoms with Gasteiger partial charge in [-0.1, -0.05) is 11.6 Å². The van der Waals surface area contributed by atoms with E-state index in [1.165, 1.54) is 24.7 Å². The highest BCUT2D eigenvalue weighted by Gasteiger charge is 2.12. The molecule has 4 nitrogen and oxygen atoms in total. The first-order valence-corrected chi connectivity index (χ1v) is 4.98. The molecule has 0 aliphatic rings. The molecule has 0 fully saturated rings. The van der Waals surface area contributed by atoms with Crippen LogP contribution in [0.2, 0.25) is 5.02 Å². The minimum Gasteiger partial charge on any atom is -0.420 e. The smallest absolute Gasteiger partial charge is 0.363 e. The number of hydrogen-bond acceptors (Lipinski definition) is 4. The van der Waals surface area contributed by atoms with Crippen molar-refractivity contribution < 1.29 is 13.9 Å². The zero-order valence-corrected chi connectivity index (χ0v) is 9.19. The first-order chi connectivity index (χ1) is 8.16. The summed E-state index contributed by atoms with van der Waals surface area (Å²) in [7, 11) is 0. The SMILES string of the molecule is O=C(Oc1ccc(F)cc1Cl)c1cnccn1. The van der Waals surface area contributed by atoms with Crippen molar-refractivity contribution >= 4 is 17.6 Å². The fourth-order valence-corrected chi connectivity index (χ4v) is 1.32. The zero-order valence-electron chi connectivity index (χ0n) is 8.43. The van der Waals surface area contributed by atoms with Crippen LogP contribution in [0.4, 0.5) is 4.39 Å². The third-order valence-corrected chi connectivity index (χ3v) is 2.16. The predicted molar refractivity (Wildman–Crippen MR) is 58.4 cm³/mol. The zero-order chi connectivity index (χ0) is 12.3. The van der Waals surface area contributed by atoms with Crippen LogP contribution in [-0.4, -0.2) is 15.9 Å². The number of rotatable bonds is 2. The van der Waals surface area contributed by atoms with Gasteiger partial charge < -0.3 is 4.74 Å². The van der Waals surface area contributed by atoms with E-state index in [4.69, 9.17) is 16.3 Å². The number of esters is 1. The van der Waals surface area contributed by atoms with Gasteiger partial charge >= 0.3 is 5.97 Å². The van der Waals surface area contributed by atoms with Gasteiger partial charge in [0, 0.05) is 12.4 Å². The van der Waals surface area contributed by atoms with Crippen LogP contribution in [0.1, 0.15) is 10.5 Å². The average Bonchev–Trinajstić information content (AvgIpc) is 2.34. The predicted octanol–water partition coefficient (Wildman–Crippen LogP) is 2.49. The molecular weight excluding hydrogens is 247 g/mol. The molecule has 0 radical (unpaired) electrons. The fourth-order valence-electron chi connectivity index (χ4n) is 1.11. The lowest BCUT2D eigenvalue weighted by molar-refractivity contribution is 0.0728.